The van der Waals surface area contributed by atoms with Gasteiger partial charge >= 0.3 is 0 Å². The van der Waals surface area contributed by atoms with E-state index in [0.29, 0.717) is 43.6 Å². The Balaban J connectivity index is 1.55. The molecule has 0 radical (unpaired) electrons. The number of rotatable bonds is 7. The van der Waals surface area contributed by atoms with Crippen molar-refractivity contribution in [2.45, 2.75) is 38.3 Å². The first-order valence-electron chi connectivity index (χ1n) is 11.8. The van der Waals surface area contributed by atoms with E-state index < -0.39 is 10.0 Å². The minimum Gasteiger partial charge on any atom is -0.330 e. The topological polar surface area (TPSA) is 57.7 Å². The van der Waals surface area contributed by atoms with Crippen molar-refractivity contribution in [3.63, 3.8) is 0 Å². The highest BCUT2D eigenvalue weighted by molar-refractivity contribution is 7.89. The van der Waals surface area contributed by atoms with Crippen LogP contribution in [0.5, 0.6) is 0 Å². The van der Waals surface area contributed by atoms with Crippen molar-refractivity contribution in [3.05, 3.63) is 102 Å². The summed E-state index contributed by atoms with van der Waals surface area (Å²) < 4.78 is 28.0. The lowest BCUT2D eigenvalue weighted by Crippen LogP contribution is -2.42. The van der Waals surface area contributed by atoms with E-state index in [4.69, 9.17) is 0 Å². The predicted octanol–water partition coefficient (Wildman–Crippen LogP) is 5.20. The molecule has 0 spiro atoms. The summed E-state index contributed by atoms with van der Waals surface area (Å²) >= 11 is 0. The molecule has 0 saturated carbocycles. The quantitative estimate of drug-likeness (QED) is 0.471. The molecule has 1 amide bonds. The highest BCUT2D eigenvalue weighted by Gasteiger charge is 2.31. The predicted molar refractivity (Wildman–Crippen MR) is 135 cm³/mol. The highest BCUT2D eigenvalue weighted by atomic mass is 32.2. The Morgan fingerprint density at radius 3 is 1.74 bits per heavy atom. The molecular formula is C28H32N2O3S. The molecule has 34 heavy (non-hydrogen) atoms. The largest absolute Gasteiger partial charge is 0.330 e. The summed E-state index contributed by atoms with van der Waals surface area (Å²) in [6.07, 6.45) is 1.04. The lowest BCUT2D eigenvalue weighted by atomic mass is 9.94. The molecule has 0 unspecified atom stereocenters. The van der Waals surface area contributed by atoms with Gasteiger partial charge in [-0.15, -0.1) is 0 Å². The van der Waals surface area contributed by atoms with Crippen molar-refractivity contribution in [1.82, 2.24) is 9.21 Å². The molecule has 3 aromatic rings. The minimum atomic E-state index is -3.58. The van der Waals surface area contributed by atoms with Gasteiger partial charge in [0, 0.05) is 31.7 Å². The molecule has 6 heteroatoms. The van der Waals surface area contributed by atoms with E-state index in [1.807, 2.05) is 60.7 Å². The number of benzene rings is 3. The van der Waals surface area contributed by atoms with Crippen molar-refractivity contribution < 1.29 is 13.2 Å². The molecule has 1 aliphatic rings. The van der Waals surface area contributed by atoms with Crippen LogP contribution in [0.25, 0.3) is 0 Å². The number of carbonyl (C=O) groups excluding carboxylic acids is 1. The van der Waals surface area contributed by atoms with E-state index in [-0.39, 0.29) is 10.8 Å². The van der Waals surface area contributed by atoms with Gasteiger partial charge in [-0.2, -0.15) is 4.31 Å². The summed E-state index contributed by atoms with van der Waals surface area (Å²) in [6, 6.07) is 26.2. The first-order chi connectivity index (χ1) is 16.3. The van der Waals surface area contributed by atoms with Crippen molar-refractivity contribution in [2.24, 2.45) is 11.8 Å². The fourth-order valence-corrected chi connectivity index (χ4v) is 6.39. The molecule has 2 atom stereocenters. The first kappa shape index (κ1) is 24.2. The molecule has 3 aromatic carbocycles. The van der Waals surface area contributed by atoms with Gasteiger partial charge in [-0.3, -0.25) is 4.79 Å². The monoisotopic (exact) mass is 476 g/mol. The summed E-state index contributed by atoms with van der Waals surface area (Å²) in [5.74, 6) is 0.546. The van der Waals surface area contributed by atoms with Crippen molar-refractivity contribution in [2.75, 3.05) is 13.1 Å². The minimum absolute atomic E-state index is 0.128. The Hall–Kier alpha value is -2.96. The average Bonchev–Trinajstić information content (AvgIpc) is 2.84. The second-order valence-electron chi connectivity index (χ2n) is 9.42. The van der Waals surface area contributed by atoms with Crippen LogP contribution in [0, 0.1) is 11.8 Å². The molecule has 1 heterocycles. The maximum Gasteiger partial charge on any atom is 0.254 e. The van der Waals surface area contributed by atoms with Gasteiger partial charge in [-0.25, -0.2) is 8.42 Å². The van der Waals surface area contributed by atoms with Crippen LogP contribution in [0.15, 0.2) is 89.8 Å². The van der Waals surface area contributed by atoms with E-state index >= 15 is 0 Å². The number of piperidine rings is 1. The number of nitrogens with zero attached hydrogens (tertiary/aromatic N) is 2. The van der Waals surface area contributed by atoms with Crippen LogP contribution in [0.3, 0.4) is 0 Å². The third kappa shape index (κ3) is 5.75. The van der Waals surface area contributed by atoms with E-state index in [2.05, 4.69) is 13.8 Å². The summed E-state index contributed by atoms with van der Waals surface area (Å²) in [5, 5.41) is 0. The summed E-state index contributed by atoms with van der Waals surface area (Å²) in [4.78, 5) is 15.5. The number of sulfonamides is 1. The SMILES string of the molecule is C[C@H]1C[C@H](C)CN(S(=O)(=O)c2ccc(C(=O)N(Cc3ccccc3)Cc3ccccc3)cc2)C1. The first-order valence-corrected chi connectivity index (χ1v) is 13.2. The molecule has 1 saturated heterocycles. The Morgan fingerprint density at radius 1 is 0.794 bits per heavy atom. The third-order valence-corrected chi connectivity index (χ3v) is 8.14. The van der Waals surface area contributed by atoms with Gasteiger partial charge in [0.1, 0.15) is 0 Å². The summed E-state index contributed by atoms with van der Waals surface area (Å²) in [7, 11) is -3.58. The summed E-state index contributed by atoms with van der Waals surface area (Å²) in [6.45, 7) is 6.20. The zero-order valence-electron chi connectivity index (χ0n) is 19.8. The zero-order valence-corrected chi connectivity index (χ0v) is 20.6. The smallest absolute Gasteiger partial charge is 0.254 e. The molecule has 1 aliphatic heterocycles. The standard InChI is InChI=1S/C28H32N2O3S/c1-22-17-23(2)19-30(18-22)34(32,33)27-15-13-26(14-16-27)28(31)29(20-24-9-5-3-6-10-24)21-25-11-7-4-8-12-25/h3-16,22-23H,17-21H2,1-2H3/t22-,23-/m0/s1. The third-order valence-electron chi connectivity index (χ3n) is 6.29. The number of hydrogen-bond acceptors (Lipinski definition) is 3. The molecule has 1 fully saturated rings. The Labute approximate surface area is 203 Å². The second-order valence-corrected chi connectivity index (χ2v) is 11.4. The Morgan fingerprint density at radius 2 is 1.26 bits per heavy atom. The Bertz CT molecular complexity index is 1140. The van der Waals surface area contributed by atoms with Gasteiger partial charge in [-0.05, 0) is 53.6 Å². The molecule has 178 valence electrons. The van der Waals surface area contributed by atoms with E-state index in [9.17, 15) is 13.2 Å². The van der Waals surface area contributed by atoms with Crippen LogP contribution < -0.4 is 0 Å². The van der Waals surface area contributed by atoms with Gasteiger partial charge in [0.2, 0.25) is 10.0 Å². The van der Waals surface area contributed by atoms with E-state index in [1.165, 1.54) is 0 Å². The van der Waals surface area contributed by atoms with Gasteiger partial charge in [0.15, 0.2) is 0 Å². The fourth-order valence-electron chi connectivity index (χ4n) is 4.71. The van der Waals surface area contributed by atoms with Gasteiger partial charge < -0.3 is 4.90 Å². The van der Waals surface area contributed by atoms with Gasteiger partial charge in [-0.1, -0.05) is 74.5 Å². The molecule has 0 bridgehead atoms. The van der Waals surface area contributed by atoms with E-state index in [1.54, 1.807) is 33.5 Å². The van der Waals surface area contributed by atoms with Crippen LogP contribution in [-0.2, 0) is 23.1 Å². The molecule has 0 aromatic heterocycles. The Kier molecular flexibility index (Phi) is 7.49. The van der Waals surface area contributed by atoms with Crippen molar-refractivity contribution in [1.29, 1.82) is 0 Å². The van der Waals surface area contributed by atoms with Crippen molar-refractivity contribution in [3.8, 4) is 0 Å². The molecule has 4 rings (SSSR count). The fraction of sp³-hybridized carbons (Fsp3) is 0.321. The van der Waals surface area contributed by atoms with Crippen LogP contribution in [0.4, 0.5) is 0 Å². The lowest BCUT2D eigenvalue weighted by molar-refractivity contribution is 0.0730. The molecular weight excluding hydrogens is 444 g/mol. The molecule has 0 aliphatic carbocycles. The number of hydrogen-bond donors (Lipinski definition) is 0. The second kappa shape index (κ2) is 10.5. The maximum atomic E-state index is 13.5. The number of carbonyl (C=O) groups is 1. The van der Waals surface area contributed by atoms with Gasteiger partial charge in [0.05, 0.1) is 4.90 Å². The van der Waals surface area contributed by atoms with E-state index in [0.717, 1.165) is 17.5 Å². The normalized spacial score (nSPS) is 19.0. The average molecular weight is 477 g/mol. The summed E-state index contributed by atoms with van der Waals surface area (Å²) in [5.41, 5.74) is 2.56. The van der Waals surface area contributed by atoms with Crippen LogP contribution in [-0.4, -0.2) is 36.6 Å². The van der Waals surface area contributed by atoms with Gasteiger partial charge in [0.25, 0.3) is 5.91 Å². The van der Waals surface area contributed by atoms with Crippen LogP contribution >= 0.6 is 0 Å². The molecule has 0 N–H and O–H groups in total. The number of amides is 1. The highest BCUT2D eigenvalue weighted by Crippen LogP contribution is 2.27. The van der Waals surface area contributed by atoms with Crippen molar-refractivity contribution >= 4 is 15.9 Å². The lowest BCUT2D eigenvalue weighted by Gasteiger charge is -2.34. The maximum absolute atomic E-state index is 13.5. The zero-order chi connectivity index (χ0) is 24.1. The van der Waals surface area contributed by atoms with Crippen LogP contribution in [0.2, 0.25) is 0 Å². The van der Waals surface area contributed by atoms with Crippen LogP contribution in [0.1, 0.15) is 41.8 Å². The molecule has 5 nitrogen and oxygen atoms in total.